The fraction of sp³-hybridized carbons (Fsp3) is 1.00. The Morgan fingerprint density at radius 2 is 2.17 bits per heavy atom. The molecule has 1 saturated heterocycles. The number of piperazine rings is 1. The minimum atomic E-state index is 0.683. The van der Waals surface area contributed by atoms with Crippen LogP contribution in [0.15, 0.2) is 0 Å². The number of nitrogens with two attached hydrogens (primary N) is 1. The molecular weight excluding hydrogens is 150 g/mol. The van der Waals surface area contributed by atoms with Crippen molar-refractivity contribution >= 4 is 0 Å². The summed E-state index contributed by atoms with van der Waals surface area (Å²) in [5.41, 5.74) is 5.53. The van der Waals surface area contributed by atoms with E-state index in [-0.39, 0.29) is 0 Å². The quantitative estimate of drug-likeness (QED) is 0.647. The van der Waals surface area contributed by atoms with Crippen molar-refractivity contribution in [2.45, 2.75) is 19.9 Å². The van der Waals surface area contributed by atoms with Gasteiger partial charge >= 0.3 is 0 Å². The standard InChI is InChI=1S/C9H21N3/c1-3-11-6-7-12(5-4-10)9(2)8-11/h9H,3-8,10H2,1-2H3. The molecule has 1 fully saturated rings. The molecule has 1 heterocycles. The van der Waals surface area contributed by atoms with Crippen LogP contribution in [0.1, 0.15) is 13.8 Å². The first kappa shape index (κ1) is 9.96. The second kappa shape index (κ2) is 4.80. The van der Waals surface area contributed by atoms with E-state index in [0.29, 0.717) is 6.04 Å². The Morgan fingerprint density at radius 3 is 2.67 bits per heavy atom. The average molecular weight is 171 g/mol. The number of hydrogen-bond acceptors (Lipinski definition) is 3. The lowest BCUT2D eigenvalue weighted by Gasteiger charge is -2.39. The highest BCUT2D eigenvalue weighted by atomic mass is 15.3. The van der Waals surface area contributed by atoms with Gasteiger partial charge in [-0.3, -0.25) is 4.90 Å². The normalized spacial score (nSPS) is 27.8. The molecule has 3 nitrogen and oxygen atoms in total. The highest BCUT2D eigenvalue weighted by Crippen LogP contribution is 2.07. The second-order valence-corrected chi connectivity index (χ2v) is 3.57. The third-order valence-corrected chi connectivity index (χ3v) is 2.71. The van der Waals surface area contributed by atoms with Crippen LogP contribution in [0, 0.1) is 0 Å². The molecule has 0 aromatic carbocycles. The minimum absolute atomic E-state index is 0.683. The van der Waals surface area contributed by atoms with Gasteiger partial charge in [-0.15, -0.1) is 0 Å². The van der Waals surface area contributed by atoms with Crippen LogP contribution in [-0.2, 0) is 0 Å². The van der Waals surface area contributed by atoms with Crippen molar-refractivity contribution in [3.05, 3.63) is 0 Å². The van der Waals surface area contributed by atoms with E-state index in [0.717, 1.165) is 13.1 Å². The topological polar surface area (TPSA) is 32.5 Å². The largest absolute Gasteiger partial charge is 0.329 e. The number of nitrogens with zero attached hydrogens (tertiary/aromatic N) is 2. The molecular formula is C9H21N3. The number of likely N-dealkylation sites (N-methyl/N-ethyl adjacent to an activating group) is 1. The molecule has 1 unspecified atom stereocenters. The molecule has 3 heteroatoms. The molecule has 0 saturated carbocycles. The summed E-state index contributed by atoms with van der Waals surface area (Å²) in [6.07, 6.45) is 0. The second-order valence-electron chi connectivity index (χ2n) is 3.57. The Bertz CT molecular complexity index is 127. The Hall–Kier alpha value is -0.120. The minimum Gasteiger partial charge on any atom is -0.329 e. The van der Waals surface area contributed by atoms with Crippen molar-refractivity contribution in [3.8, 4) is 0 Å². The van der Waals surface area contributed by atoms with E-state index in [9.17, 15) is 0 Å². The molecule has 0 bridgehead atoms. The molecule has 0 radical (unpaired) electrons. The van der Waals surface area contributed by atoms with Crippen LogP contribution in [-0.4, -0.2) is 55.1 Å². The van der Waals surface area contributed by atoms with Crippen LogP contribution in [0.5, 0.6) is 0 Å². The maximum absolute atomic E-state index is 5.53. The van der Waals surface area contributed by atoms with Gasteiger partial charge in [-0.05, 0) is 13.5 Å². The van der Waals surface area contributed by atoms with Gasteiger partial charge in [0.25, 0.3) is 0 Å². The Balaban J connectivity index is 2.31. The molecule has 1 aliphatic rings. The van der Waals surface area contributed by atoms with Gasteiger partial charge in [0.2, 0.25) is 0 Å². The van der Waals surface area contributed by atoms with Crippen LogP contribution in [0.4, 0.5) is 0 Å². The van der Waals surface area contributed by atoms with Gasteiger partial charge in [0.1, 0.15) is 0 Å². The zero-order chi connectivity index (χ0) is 8.97. The van der Waals surface area contributed by atoms with E-state index < -0.39 is 0 Å². The van der Waals surface area contributed by atoms with E-state index in [1.165, 1.54) is 26.2 Å². The first-order chi connectivity index (χ1) is 5.77. The summed E-state index contributed by atoms with van der Waals surface area (Å²) in [5, 5.41) is 0. The summed E-state index contributed by atoms with van der Waals surface area (Å²) in [6.45, 7) is 11.1. The van der Waals surface area contributed by atoms with Crippen molar-refractivity contribution < 1.29 is 0 Å². The van der Waals surface area contributed by atoms with Crippen molar-refractivity contribution in [1.82, 2.24) is 9.80 Å². The Morgan fingerprint density at radius 1 is 1.42 bits per heavy atom. The monoisotopic (exact) mass is 171 g/mol. The van der Waals surface area contributed by atoms with E-state index in [4.69, 9.17) is 5.73 Å². The first-order valence-electron chi connectivity index (χ1n) is 4.94. The van der Waals surface area contributed by atoms with E-state index in [2.05, 4.69) is 23.6 Å². The molecule has 0 aromatic heterocycles. The molecule has 0 spiro atoms. The fourth-order valence-electron chi connectivity index (χ4n) is 1.86. The van der Waals surface area contributed by atoms with Crippen LogP contribution in [0.25, 0.3) is 0 Å². The summed E-state index contributed by atoms with van der Waals surface area (Å²) in [6, 6.07) is 0.683. The van der Waals surface area contributed by atoms with Gasteiger partial charge in [-0.2, -0.15) is 0 Å². The predicted molar refractivity (Wildman–Crippen MR) is 52.2 cm³/mol. The van der Waals surface area contributed by atoms with Gasteiger partial charge in [-0.1, -0.05) is 6.92 Å². The lowest BCUT2D eigenvalue weighted by atomic mass is 10.2. The van der Waals surface area contributed by atoms with E-state index in [1.54, 1.807) is 0 Å². The van der Waals surface area contributed by atoms with Crippen LogP contribution >= 0.6 is 0 Å². The molecule has 2 N–H and O–H groups in total. The number of hydrogen-bond donors (Lipinski definition) is 1. The van der Waals surface area contributed by atoms with Gasteiger partial charge in [0.05, 0.1) is 0 Å². The van der Waals surface area contributed by atoms with Crippen LogP contribution in [0.2, 0.25) is 0 Å². The van der Waals surface area contributed by atoms with Gasteiger partial charge in [0, 0.05) is 38.8 Å². The third-order valence-electron chi connectivity index (χ3n) is 2.71. The first-order valence-corrected chi connectivity index (χ1v) is 4.94. The average Bonchev–Trinajstić information content (AvgIpc) is 2.09. The smallest absolute Gasteiger partial charge is 0.0195 e. The summed E-state index contributed by atoms with van der Waals surface area (Å²) in [7, 11) is 0. The lowest BCUT2D eigenvalue weighted by Crippen LogP contribution is -2.52. The van der Waals surface area contributed by atoms with Gasteiger partial charge < -0.3 is 10.6 Å². The summed E-state index contributed by atoms with van der Waals surface area (Å²) in [5.74, 6) is 0. The number of rotatable bonds is 3. The summed E-state index contributed by atoms with van der Waals surface area (Å²) >= 11 is 0. The van der Waals surface area contributed by atoms with Crippen molar-refractivity contribution in [1.29, 1.82) is 0 Å². The maximum atomic E-state index is 5.53. The molecule has 1 aliphatic heterocycles. The van der Waals surface area contributed by atoms with Crippen molar-refractivity contribution in [2.75, 3.05) is 39.3 Å². The zero-order valence-electron chi connectivity index (χ0n) is 8.29. The third kappa shape index (κ3) is 2.44. The van der Waals surface area contributed by atoms with Crippen molar-refractivity contribution in [2.24, 2.45) is 5.73 Å². The summed E-state index contributed by atoms with van der Waals surface area (Å²) < 4.78 is 0. The SMILES string of the molecule is CCN1CCN(CCN)C(C)C1. The highest BCUT2D eigenvalue weighted by Gasteiger charge is 2.21. The molecule has 0 amide bonds. The van der Waals surface area contributed by atoms with Crippen LogP contribution in [0.3, 0.4) is 0 Å². The molecule has 1 atom stereocenters. The lowest BCUT2D eigenvalue weighted by molar-refractivity contribution is 0.0898. The van der Waals surface area contributed by atoms with Gasteiger partial charge in [0.15, 0.2) is 0 Å². The predicted octanol–water partition coefficient (Wildman–Crippen LogP) is -0.0289. The molecule has 0 aromatic rings. The van der Waals surface area contributed by atoms with E-state index in [1.807, 2.05) is 0 Å². The Labute approximate surface area is 75.5 Å². The molecule has 1 rings (SSSR count). The zero-order valence-corrected chi connectivity index (χ0v) is 8.29. The fourth-order valence-corrected chi connectivity index (χ4v) is 1.86. The van der Waals surface area contributed by atoms with Gasteiger partial charge in [-0.25, -0.2) is 0 Å². The molecule has 0 aliphatic carbocycles. The maximum Gasteiger partial charge on any atom is 0.0195 e. The molecule has 72 valence electrons. The van der Waals surface area contributed by atoms with Crippen LogP contribution < -0.4 is 5.73 Å². The highest BCUT2D eigenvalue weighted by molar-refractivity contribution is 4.78. The molecule has 12 heavy (non-hydrogen) atoms. The van der Waals surface area contributed by atoms with E-state index >= 15 is 0 Å². The summed E-state index contributed by atoms with van der Waals surface area (Å²) in [4.78, 5) is 4.98. The van der Waals surface area contributed by atoms with Crippen molar-refractivity contribution in [3.63, 3.8) is 0 Å². The Kier molecular flexibility index (Phi) is 3.98.